The van der Waals surface area contributed by atoms with Gasteiger partial charge in [0.25, 0.3) is 0 Å². The highest BCUT2D eigenvalue weighted by molar-refractivity contribution is 5.93. The summed E-state index contributed by atoms with van der Waals surface area (Å²) in [6, 6.07) is 31.6. The smallest absolute Gasteiger partial charge is 0.119 e. The molecule has 0 spiro atoms. The first-order valence-corrected chi connectivity index (χ1v) is 11.3. The van der Waals surface area contributed by atoms with Crippen molar-refractivity contribution in [2.75, 3.05) is 6.54 Å². The fourth-order valence-electron chi connectivity index (χ4n) is 4.14. The van der Waals surface area contributed by atoms with Gasteiger partial charge in [-0.25, -0.2) is 0 Å². The fourth-order valence-corrected chi connectivity index (χ4v) is 4.14. The molecule has 0 aliphatic carbocycles. The first kappa shape index (κ1) is 21.7. The number of hydrogen-bond donors (Lipinski definition) is 0. The molecule has 0 bridgehead atoms. The van der Waals surface area contributed by atoms with Gasteiger partial charge in [0.05, 0.1) is 0 Å². The molecule has 0 N–H and O–H groups in total. The van der Waals surface area contributed by atoms with E-state index in [1.165, 1.54) is 33.0 Å². The van der Waals surface area contributed by atoms with Crippen LogP contribution in [0.4, 0.5) is 0 Å². The molecule has 0 unspecified atom stereocenters. The third-order valence-electron chi connectivity index (χ3n) is 5.89. The fraction of sp³-hybridized carbons (Fsp3) is 0.200. The second-order valence-electron chi connectivity index (χ2n) is 8.26. The van der Waals surface area contributed by atoms with Crippen molar-refractivity contribution < 1.29 is 4.74 Å². The number of rotatable bonds is 9. The Balaban J connectivity index is 1.51. The molecule has 2 nitrogen and oxygen atoms in total. The maximum absolute atomic E-state index is 5.92. The molecule has 32 heavy (non-hydrogen) atoms. The van der Waals surface area contributed by atoms with Gasteiger partial charge in [0.15, 0.2) is 0 Å². The summed E-state index contributed by atoms with van der Waals surface area (Å²) in [7, 11) is 0. The number of para-hydroxylation sites is 1. The zero-order valence-electron chi connectivity index (χ0n) is 19.1. The summed E-state index contributed by atoms with van der Waals surface area (Å²) < 4.78 is 5.92. The molecule has 4 aromatic rings. The van der Waals surface area contributed by atoms with Crippen molar-refractivity contribution in [2.45, 2.75) is 33.4 Å². The molecule has 0 saturated carbocycles. The van der Waals surface area contributed by atoms with Gasteiger partial charge in [0, 0.05) is 24.4 Å². The third kappa shape index (κ3) is 5.03. The Kier molecular flexibility index (Phi) is 6.91. The molecule has 4 rings (SSSR count). The Bertz CT molecular complexity index is 1190. The van der Waals surface area contributed by atoms with Crippen LogP contribution in [0.1, 0.15) is 35.6 Å². The van der Waals surface area contributed by atoms with Gasteiger partial charge in [-0.3, -0.25) is 0 Å². The van der Waals surface area contributed by atoms with E-state index >= 15 is 0 Å². The Hall–Kier alpha value is -3.52. The minimum atomic E-state index is 0.576. The number of hydrogen-bond acceptors (Lipinski definition) is 2. The molecule has 0 fully saturated rings. The first-order chi connectivity index (χ1) is 15.7. The van der Waals surface area contributed by atoms with Gasteiger partial charge >= 0.3 is 0 Å². The predicted molar refractivity (Wildman–Crippen MR) is 136 cm³/mol. The molecule has 0 aliphatic heterocycles. The van der Waals surface area contributed by atoms with E-state index in [0.717, 1.165) is 31.0 Å². The molecule has 2 heteroatoms. The highest BCUT2D eigenvalue weighted by Crippen LogP contribution is 2.28. The molecule has 0 aromatic heterocycles. The summed E-state index contributed by atoms with van der Waals surface area (Å²) in [6.45, 7) is 11.3. The van der Waals surface area contributed by atoms with Crippen molar-refractivity contribution in [1.29, 1.82) is 0 Å². The normalized spacial score (nSPS) is 10.8. The number of benzene rings is 4. The highest BCUT2D eigenvalue weighted by Gasteiger charge is 2.14. The molecular formula is C30H31NO. The number of ether oxygens (including phenoxy) is 1. The molecule has 162 valence electrons. The summed E-state index contributed by atoms with van der Waals surface area (Å²) in [4.78, 5) is 2.41. The van der Waals surface area contributed by atoms with Crippen LogP contribution in [0.3, 0.4) is 0 Å². The van der Waals surface area contributed by atoms with Crippen LogP contribution < -0.4 is 4.74 Å². The highest BCUT2D eigenvalue weighted by atomic mass is 16.5. The molecule has 4 aromatic carbocycles. The second-order valence-corrected chi connectivity index (χ2v) is 8.26. The Labute approximate surface area is 191 Å². The van der Waals surface area contributed by atoms with Crippen molar-refractivity contribution in [2.24, 2.45) is 0 Å². The summed E-state index contributed by atoms with van der Waals surface area (Å²) in [5.41, 5.74) is 6.08. The molecule has 0 aliphatic rings. The quantitative estimate of drug-likeness (QED) is 0.276. The Morgan fingerprint density at radius 3 is 2.41 bits per heavy atom. The van der Waals surface area contributed by atoms with Crippen LogP contribution in [-0.2, 0) is 13.2 Å². The van der Waals surface area contributed by atoms with Crippen molar-refractivity contribution in [3.8, 4) is 5.75 Å². The van der Waals surface area contributed by atoms with Crippen LogP contribution in [0.2, 0.25) is 0 Å². The van der Waals surface area contributed by atoms with E-state index in [4.69, 9.17) is 4.74 Å². The maximum atomic E-state index is 5.92. The largest absolute Gasteiger partial charge is 0.489 e. The van der Waals surface area contributed by atoms with Crippen LogP contribution in [0.25, 0.3) is 16.5 Å². The minimum Gasteiger partial charge on any atom is -0.489 e. The van der Waals surface area contributed by atoms with Gasteiger partial charge in [0.1, 0.15) is 12.4 Å². The SMILES string of the molecule is C=C(c1cccc2ccccc12)N(CCC)Cc1ccc(COc2ccccc2)cc1C. The predicted octanol–water partition coefficient (Wildman–Crippen LogP) is 7.61. The number of nitrogens with zero attached hydrogens (tertiary/aromatic N) is 1. The van der Waals surface area contributed by atoms with Crippen molar-refractivity contribution in [3.05, 3.63) is 120 Å². The van der Waals surface area contributed by atoms with E-state index in [1.807, 2.05) is 30.3 Å². The zero-order valence-corrected chi connectivity index (χ0v) is 19.1. The lowest BCUT2D eigenvalue weighted by molar-refractivity contribution is 0.306. The zero-order chi connectivity index (χ0) is 22.3. The van der Waals surface area contributed by atoms with Crippen LogP contribution >= 0.6 is 0 Å². The van der Waals surface area contributed by atoms with Crippen LogP contribution in [0.15, 0.2) is 97.6 Å². The van der Waals surface area contributed by atoms with Gasteiger partial charge in [0.2, 0.25) is 0 Å². The molecule has 0 radical (unpaired) electrons. The molecular weight excluding hydrogens is 390 g/mol. The number of aryl methyl sites for hydroxylation is 1. The van der Waals surface area contributed by atoms with Crippen molar-refractivity contribution in [1.82, 2.24) is 4.90 Å². The van der Waals surface area contributed by atoms with E-state index in [2.05, 4.69) is 86.0 Å². The van der Waals surface area contributed by atoms with E-state index in [9.17, 15) is 0 Å². The van der Waals surface area contributed by atoms with E-state index in [-0.39, 0.29) is 0 Å². The Morgan fingerprint density at radius 2 is 1.62 bits per heavy atom. The lowest BCUT2D eigenvalue weighted by atomic mass is 10.0. The lowest BCUT2D eigenvalue weighted by Gasteiger charge is -2.28. The van der Waals surface area contributed by atoms with Crippen LogP contribution in [0.5, 0.6) is 5.75 Å². The Morgan fingerprint density at radius 1 is 0.875 bits per heavy atom. The molecule has 0 atom stereocenters. The second kappa shape index (κ2) is 10.2. The van der Waals surface area contributed by atoms with Gasteiger partial charge in [-0.15, -0.1) is 0 Å². The summed E-state index contributed by atoms with van der Waals surface area (Å²) in [5.74, 6) is 0.898. The average Bonchev–Trinajstić information content (AvgIpc) is 2.83. The summed E-state index contributed by atoms with van der Waals surface area (Å²) >= 11 is 0. The van der Waals surface area contributed by atoms with Gasteiger partial charge < -0.3 is 9.64 Å². The number of fused-ring (bicyclic) bond motifs is 1. The third-order valence-corrected chi connectivity index (χ3v) is 5.89. The van der Waals surface area contributed by atoms with Gasteiger partial charge in [-0.05, 0) is 52.9 Å². The molecule has 0 saturated heterocycles. The van der Waals surface area contributed by atoms with Gasteiger partial charge in [-0.1, -0.05) is 92.4 Å². The van der Waals surface area contributed by atoms with Gasteiger partial charge in [-0.2, -0.15) is 0 Å². The minimum absolute atomic E-state index is 0.576. The average molecular weight is 422 g/mol. The molecule has 0 heterocycles. The summed E-state index contributed by atoms with van der Waals surface area (Å²) in [6.07, 6.45) is 1.08. The van der Waals surface area contributed by atoms with Crippen molar-refractivity contribution >= 4 is 16.5 Å². The van der Waals surface area contributed by atoms with E-state index in [0.29, 0.717) is 6.61 Å². The van der Waals surface area contributed by atoms with Crippen molar-refractivity contribution in [3.63, 3.8) is 0 Å². The first-order valence-electron chi connectivity index (χ1n) is 11.3. The summed E-state index contributed by atoms with van der Waals surface area (Å²) in [5, 5.41) is 2.51. The van der Waals surface area contributed by atoms with E-state index < -0.39 is 0 Å². The van der Waals surface area contributed by atoms with Crippen LogP contribution in [0, 0.1) is 6.92 Å². The maximum Gasteiger partial charge on any atom is 0.119 e. The van der Waals surface area contributed by atoms with E-state index in [1.54, 1.807) is 0 Å². The lowest BCUT2D eigenvalue weighted by Crippen LogP contribution is -2.22. The topological polar surface area (TPSA) is 12.5 Å². The molecule has 0 amide bonds. The standard InChI is InChI=1S/C30H31NO/c1-4-19-31(24(3)29-16-10-12-26-11-8-9-15-30(26)29)21-27-18-17-25(20-23(27)2)22-32-28-13-6-5-7-14-28/h5-18,20H,3-4,19,21-22H2,1-2H3. The van der Waals surface area contributed by atoms with Crippen LogP contribution in [-0.4, -0.2) is 11.4 Å². The monoisotopic (exact) mass is 421 g/mol.